The number of phenols is 4. The zero-order chi connectivity index (χ0) is 30.5. The Morgan fingerprint density at radius 3 is 2.26 bits per heavy atom. The van der Waals surface area contributed by atoms with Crippen LogP contribution in [0.5, 0.6) is 23.0 Å². The summed E-state index contributed by atoms with van der Waals surface area (Å²) >= 11 is 7.13. The fourth-order valence-electron chi connectivity index (χ4n) is 4.78. The molecule has 0 amide bonds. The van der Waals surface area contributed by atoms with E-state index in [1.54, 1.807) is 24.3 Å². The molecule has 4 aromatic rings. The van der Waals surface area contributed by atoms with Crippen molar-refractivity contribution < 1.29 is 20.4 Å². The number of aliphatic imine (C=N–C) groups is 2. The SMILES string of the molecule is C/C(=C(\C=C/C1C=C(Br)C=CC1)N=Cc1cccc(O)c1O)c1c(N=Cc2cccc(O)c2O)ccc2cc(Br)ccc12. The molecule has 1 aliphatic rings. The van der Waals surface area contributed by atoms with Gasteiger partial charge in [-0.1, -0.05) is 80.4 Å². The Hall–Kier alpha value is -4.40. The summed E-state index contributed by atoms with van der Waals surface area (Å²) in [7, 11) is 0. The molecular formula is C35H28Br2N2O4. The highest BCUT2D eigenvalue weighted by molar-refractivity contribution is 9.12. The standard InChI is InChI=1S/C35H28Br2N2O4/c1-21(29(15-11-22-5-2-8-26(36)17-22)38-19-24-6-3-9-31(40)34(24)42)33-28-14-13-27(37)18-23(28)12-16-30(33)39-20-25-7-4-10-32(41)35(25)43/h2-4,6-20,22,40-43H,5H2,1H3/b15-11-,29-21-,38-19?,39-20?. The molecule has 0 fully saturated rings. The molecule has 0 saturated carbocycles. The van der Waals surface area contributed by atoms with Gasteiger partial charge in [-0.05, 0) is 84.1 Å². The van der Waals surface area contributed by atoms with E-state index in [0.717, 1.165) is 37.3 Å². The molecule has 0 saturated heterocycles. The Morgan fingerprint density at radius 1 is 0.860 bits per heavy atom. The number of nitrogens with zero attached hydrogens (tertiary/aromatic N) is 2. The van der Waals surface area contributed by atoms with Crippen LogP contribution in [0.15, 0.2) is 122 Å². The average Bonchev–Trinajstić information content (AvgIpc) is 2.99. The third kappa shape index (κ3) is 6.98. The molecule has 1 atom stereocenters. The van der Waals surface area contributed by atoms with Crippen molar-refractivity contribution in [3.63, 3.8) is 0 Å². The van der Waals surface area contributed by atoms with E-state index in [9.17, 15) is 20.4 Å². The maximum Gasteiger partial charge on any atom is 0.166 e. The molecule has 0 heterocycles. The van der Waals surface area contributed by atoms with Crippen LogP contribution in [0.1, 0.15) is 30.0 Å². The van der Waals surface area contributed by atoms with Crippen molar-refractivity contribution in [1.82, 2.24) is 0 Å². The summed E-state index contributed by atoms with van der Waals surface area (Å²) in [6.45, 7) is 1.97. The molecule has 0 aromatic heterocycles. The van der Waals surface area contributed by atoms with E-state index < -0.39 is 0 Å². The monoisotopic (exact) mass is 698 g/mol. The molecular weight excluding hydrogens is 672 g/mol. The number of fused-ring (bicyclic) bond motifs is 1. The molecule has 5 rings (SSSR count). The number of benzene rings is 4. The first-order chi connectivity index (χ1) is 20.7. The number of hydrogen-bond donors (Lipinski definition) is 4. The lowest BCUT2D eigenvalue weighted by Crippen LogP contribution is -1.96. The predicted molar refractivity (Wildman–Crippen MR) is 182 cm³/mol. The van der Waals surface area contributed by atoms with Crippen LogP contribution >= 0.6 is 31.9 Å². The summed E-state index contributed by atoms with van der Waals surface area (Å²) in [5.41, 5.74) is 3.68. The van der Waals surface area contributed by atoms with Crippen molar-refractivity contribution in [1.29, 1.82) is 0 Å². The lowest BCUT2D eigenvalue weighted by atomic mass is 9.94. The van der Waals surface area contributed by atoms with Crippen LogP contribution in [-0.4, -0.2) is 32.9 Å². The molecule has 4 N–H and O–H groups in total. The smallest absolute Gasteiger partial charge is 0.166 e. The molecule has 6 nitrogen and oxygen atoms in total. The normalized spacial score (nSPS) is 16.0. The van der Waals surface area contributed by atoms with Crippen molar-refractivity contribution in [2.45, 2.75) is 13.3 Å². The molecule has 43 heavy (non-hydrogen) atoms. The molecule has 1 aliphatic carbocycles. The van der Waals surface area contributed by atoms with Gasteiger partial charge in [0.25, 0.3) is 0 Å². The van der Waals surface area contributed by atoms with Crippen molar-refractivity contribution >= 4 is 66.3 Å². The number of halogens is 2. The Morgan fingerprint density at radius 2 is 1.56 bits per heavy atom. The lowest BCUT2D eigenvalue weighted by molar-refractivity contribution is 0.403. The third-order valence-corrected chi connectivity index (χ3v) is 8.08. The van der Waals surface area contributed by atoms with E-state index in [1.807, 2.05) is 49.4 Å². The number of hydrogen-bond acceptors (Lipinski definition) is 6. The first-order valence-corrected chi connectivity index (χ1v) is 15.1. The minimum atomic E-state index is -0.247. The maximum absolute atomic E-state index is 10.4. The number of allylic oxidation sites excluding steroid dienone is 7. The molecule has 8 heteroatoms. The van der Waals surface area contributed by atoms with Gasteiger partial charge >= 0.3 is 0 Å². The van der Waals surface area contributed by atoms with Crippen LogP contribution in [0.4, 0.5) is 5.69 Å². The lowest BCUT2D eigenvalue weighted by Gasteiger charge is -2.14. The van der Waals surface area contributed by atoms with E-state index in [0.29, 0.717) is 22.5 Å². The van der Waals surface area contributed by atoms with Gasteiger partial charge in [-0.15, -0.1) is 0 Å². The largest absolute Gasteiger partial charge is 0.504 e. The highest BCUT2D eigenvalue weighted by Gasteiger charge is 2.14. The van der Waals surface area contributed by atoms with Crippen molar-refractivity contribution in [2.24, 2.45) is 15.9 Å². The first kappa shape index (κ1) is 30.1. The molecule has 4 aromatic carbocycles. The minimum absolute atomic E-state index is 0.154. The summed E-state index contributed by atoms with van der Waals surface area (Å²) in [4.78, 5) is 9.54. The van der Waals surface area contributed by atoms with Crippen LogP contribution in [0.25, 0.3) is 16.3 Å². The second kappa shape index (κ2) is 13.3. The molecule has 1 unspecified atom stereocenters. The van der Waals surface area contributed by atoms with E-state index >= 15 is 0 Å². The number of para-hydroxylation sites is 2. The summed E-state index contributed by atoms with van der Waals surface area (Å²) in [6, 6.07) is 19.3. The van der Waals surface area contributed by atoms with Crippen LogP contribution in [0.2, 0.25) is 0 Å². The van der Waals surface area contributed by atoms with Gasteiger partial charge in [-0.2, -0.15) is 0 Å². The van der Waals surface area contributed by atoms with E-state index in [2.05, 4.69) is 50.1 Å². The van der Waals surface area contributed by atoms with Gasteiger partial charge in [0.15, 0.2) is 23.0 Å². The number of aromatic hydroxyl groups is 4. The van der Waals surface area contributed by atoms with E-state index in [-0.39, 0.29) is 28.9 Å². The van der Waals surface area contributed by atoms with E-state index in [1.165, 1.54) is 24.6 Å². The zero-order valence-corrected chi connectivity index (χ0v) is 26.3. The number of phenolic OH excluding ortho intramolecular Hbond substituents is 4. The van der Waals surface area contributed by atoms with Crippen LogP contribution in [0, 0.1) is 5.92 Å². The van der Waals surface area contributed by atoms with Crippen molar-refractivity contribution in [3.8, 4) is 23.0 Å². The van der Waals surface area contributed by atoms with Gasteiger partial charge in [-0.25, -0.2) is 0 Å². The third-order valence-electron chi connectivity index (χ3n) is 7.06. The number of rotatable bonds is 7. The van der Waals surface area contributed by atoms with Gasteiger partial charge in [-0.3, -0.25) is 9.98 Å². The quantitative estimate of drug-likeness (QED) is 0.0876. The molecule has 216 valence electrons. The summed E-state index contributed by atoms with van der Waals surface area (Å²) in [5, 5.41) is 42.7. The Balaban J connectivity index is 1.70. The van der Waals surface area contributed by atoms with Gasteiger partial charge in [0.2, 0.25) is 0 Å². The Bertz CT molecular complexity index is 1890. The highest BCUT2D eigenvalue weighted by Crippen LogP contribution is 2.38. The summed E-state index contributed by atoms with van der Waals surface area (Å²) in [6.07, 6.45) is 14.2. The van der Waals surface area contributed by atoms with Crippen molar-refractivity contribution in [3.05, 3.63) is 128 Å². The van der Waals surface area contributed by atoms with Crippen LogP contribution < -0.4 is 0 Å². The topological polar surface area (TPSA) is 106 Å². The fraction of sp³-hybridized carbons (Fsp3) is 0.0857. The van der Waals surface area contributed by atoms with E-state index in [4.69, 9.17) is 9.98 Å². The van der Waals surface area contributed by atoms with Gasteiger partial charge < -0.3 is 20.4 Å². The van der Waals surface area contributed by atoms with Crippen molar-refractivity contribution in [2.75, 3.05) is 0 Å². The fourth-order valence-corrected chi connectivity index (χ4v) is 5.69. The first-order valence-electron chi connectivity index (χ1n) is 13.5. The summed E-state index contributed by atoms with van der Waals surface area (Å²) in [5.74, 6) is -0.787. The average molecular weight is 700 g/mol. The van der Waals surface area contributed by atoms with Gasteiger partial charge in [0, 0.05) is 38.1 Å². The predicted octanol–water partition coefficient (Wildman–Crippen LogP) is 9.44. The minimum Gasteiger partial charge on any atom is -0.504 e. The molecule has 0 spiro atoms. The molecule has 0 radical (unpaired) electrons. The van der Waals surface area contributed by atoms with Crippen LogP contribution in [-0.2, 0) is 0 Å². The second-order valence-electron chi connectivity index (χ2n) is 9.99. The summed E-state index contributed by atoms with van der Waals surface area (Å²) < 4.78 is 1.95. The second-order valence-corrected chi connectivity index (χ2v) is 11.8. The maximum atomic E-state index is 10.4. The molecule has 0 aliphatic heterocycles. The highest BCUT2D eigenvalue weighted by atomic mass is 79.9. The molecule has 0 bridgehead atoms. The Labute approximate surface area is 266 Å². The van der Waals surface area contributed by atoms with Gasteiger partial charge in [0.1, 0.15) is 0 Å². The van der Waals surface area contributed by atoms with Crippen LogP contribution in [0.3, 0.4) is 0 Å². The van der Waals surface area contributed by atoms with Gasteiger partial charge in [0.05, 0.1) is 11.4 Å². The Kier molecular flexibility index (Phi) is 9.28. The zero-order valence-electron chi connectivity index (χ0n) is 23.1.